The van der Waals surface area contributed by atoms with Crippen LogP contribution in [-0.2, 0) is 9.84 Å². The second-order valence-electron chi connectivity index (χ2n) is 6.39. The van der Waals surface area contributed by atoms with Crippen molar-refractivity contribution in [2.24, 2.45) is 0 Å². The highest BCUT2D eigenvalue weighted by atomic mass is 32.2. The minimum absolute atomic E-state index is 0.00806. The molecule has 27 heavy (non-hydrogen) atoms. The van der Waals surface area contributed by atoms with Crippen molar-refractivity contribution in [3.8, 4) is 16.9 Å². The summed E-state index contributed by atoms with van der Waals surface area (Å²) in [6.45, 7) is 1.90. The minimum atomic E-state index is -3.49. The Bertz CT molecular complexity index is 1260. The minimum Gasteiger partial charge on any atom is -0.236 e. The number of hydrogen-bond acceptors (Lipinski definition) is 4. The maximum Gasteiger partial charge on any atom is 0.195 e. The van der Waals surface area contributed by atoms with Crippen LogP contribution in [0.4, 0.5) is 4.39 Å². The van der Waals surface area contributed by atoms with Crippen LogP contribution in [0.3, 0.4) is 0 Å². The lowest BCUT2D eigenvalue weighted by Gasteiger charge is -2.07. The van der Waals surface area contributed by atoms with Gasteiger partial charge in [-0.1, -0.05) is 23.8 Å². The van der Waals surface area contributed by atoms with Crippen LogP contribution in [0.25, 0.3) is 27.8 Å². The topological polar surface area (TPSA) is 64.8 Å². The molecule has 0 aliphatic rings. The van der Waals surface area contributed by atoms with Crippen molar-refractivity contribution in [1.82, 2.24) is 14.8 Å². The van der Waals surface area contributed by atoms with E-state index >= 15 is 0 Å². The summed E-state index contributed by atoms with van der Waals surface area (Å²) in [6, 6.07) is 15.4. The lowest BCUT2D eigenvalue weighted by molar-refractivity contribution is 0.597. The Balaban J connectivity index is 1.85. The summed E-state index contributed by atoms with van der Waals surface area (Å²) in [6.07, 6.45) is 2.69. The Labute approximate surface area is 156 Å². The quantitative estimate of drug-likeness (QED) is 0.539. The number of pyridine rings is 1. The van der Waals surface area contributed by atoms with Crippen LogP contribution >= 0.6 is 0 Å². The van der Waals surface area contributed by atoms with Crippen molar-refractivity contribution >= 4 is 20.7 Å². The third-order valence-corrected chi connectivity index (χ3v) is 5.31. The normalized spacial score (nSPS) is 11.8. The molecular formula is C20H16FN3O2S. The zero-order chi connectivity index (χ0) is 19.2. The van der Waals surface area contributed by atoms with E-state index in [9.17, 15) is 12.8 Å². The van der Waals surface area contributed by atoms with Crippen LogP contribution in [0.2, 0.25) is 0 Å². The van der Waals surface area contributed by atoms with Gasteiger partial charge in [0.15, 0.2) is 20.7 Å². The van der Waals surface area contributed by atoms with E-state index in [1.807, 2.05) is 13.0 Å². The van der Waals surface area contributed by atoms with Crippen LogP contribution in [0.5, 0.6) is 0 Å². The van der Waals surface area contributed by atoms with Crippen molar-refractivity contribution in [2.45, 2.75) is 11.9 Å². The van der Waals surface area contributed by atoms with Gasteiger partial charge in [-0.3, -0.25) is 0 Å². The molecule has 0 amide bonds. The maximum absolute atomic E-state index is 14.1. The van der Waals surface area contributed by atoms with Gasteiger partial charge in [0, 0.05) is 29.0 Å². The van der Waals surface area contributed by atoms with E-state index in [4.69, 9.17) is 0 Å². The highest BCUT2D eigenvalue weighted by molar-refractivity contribution is 7.90. The molecule has 0 atom stereocenters. The predicted octanol–water partition coefficient (Wildman–Crippen LogP) is 3.94. The van der Waals surface area contributed by atoms with Crippen LogP contribution < -0.4 is 0 Å². The molecule has 0 bridgehead atoms. The van der Waals surface area contributed by atoms with Gasteiger partial charge in [0.05, 0.1) is 5.52 Å². The fourth-order valence-electron chi connectivity index (χ4n) is 3.02. The van der Waals surface area contributed by atoms with Gasteiger partial charge in [-0.25, -0.2) is 22.5 Å². The first-order valence-electron chi connectivity index (χ1n) is 8.25. The van der Waals surface area contributed by atoms with Gasteiger partial charge in [-0.05, 0) is 43.3 Å². The van der Waals surface area contributed by atoms with Crippen LogP contribution in [0.1, 0.15) is 5.56 Å². The number of fused-ring (bicyclic) bond motifs is 1. The number of para-hydroxylation sites is 1. The summed E-state index contributed by atoms with van der Waals surface area (Å²) in [5.74, 6) is 0.136. The second kappa shape index (κ2) is 6.28. The van der Waals surface area contributed by atoms with Crippen molar-refractivity contribution in [3.05, 3.63) is 72.2 Å². The van der Waals surface area contributed by atoms with Crippen LogP contribution in [0.15, 0.2) is 65.8 Å². The molecule has 2 aromatic heterocycles. The third-order valence-electron chi connectivity index (χ3n) is 4.30. The Hall–Kier alpha value is -3.06. The van der Waals surface area contributed by atoms with Gasteiger partial charge in [0.1, 0.15) is 5.82 Å². The Morgan fingerprint density at radius 2 is 1.81 bits per heavy atom. The van der Waals surface area contributed by atoms with E-state index in [1.165, 1.54) is 10.7 Å². The number of benzene rings is 2. The molecule has 0 radical (unpaired) electrons. The fourth-order valence-corrected chi connectivity index (χ4v) is 3.82. The van der Waals surface area contributed by atoms with Gasteiger partial charge in [-0.2, -0.15) is 5.10 Å². The van der Waals surface area contributed by atoms with Gasteiger partial charge in [0.2, 0.25) is 0 Å². The summed E-state index contributed by atoms with van der Waals surface area (Å²) < 4.78 is 39.7. The molecular weight excluding hydrogens is 365 g/mol. The van der Waals surface area contributed by atoms with E-state index in [1.54, 1.807) is 48.7 Å². The first-order valence-corrected chi connectivity index (χ1v) is 10.1. The molecule has 0 saturated heterocycles. The molecule has 4 rings (SSSR count). The fraction of sp³-hybridized carbons (Fsp3) is 0.100. The van der Waals surface area contributed by atoms with Gasteiger partial charge in [0.25, 0.3) is 0 Å². The summed E-state index contributed by atoms with van der Waals surface area (Å²) in [7, 11) is -3.49. The number of aryl methyl sites for hydroxylation is 1. The molecule has 2 aromatic carbocycles. The highest BCUT2D eigenvalue weighted by Crippen LogP contribution is 2.27. The van der Waals surface area contributed by atoms with Crippen molar-refractivity contribution < 1.29 is 12.8 Å². The van der Waals surface area contributed by atoms with E-state index in [0.29, 0.717) is 27.8 Å². The molecule has 0 saturated carbocycles. The summed E-state index contributed by atoms with van der Waals surface area (Å²) in [5.41, 5.74) is 2.70. The standard InChI is InChI=1S/C20H16FN3O2S/c1-13-7-9-17(21)16(11-13)14-8-10-19(22-12-14)24-18-6-4-3-5-15(18)20(23-24)27(2,25)26/h3-12H,1-2H3. The SMILES string of the molecule is Cc1ccc(F)c(-c2ccc(-n3nc(S(C)(=O)=O)c4ccccc43)nc2)c1. The lowest BCUT2D eigenvalue weighted by Crippen LogP contribution is -2.03. The van der Waals surface area contributed by atoms with Crippen LogP contribution in [0, 0.1) is 12.7 Å². The Morgan fingerprint density at radius 1 is 1.04 bits per heavy atom. The molecule has 7 heteroatoms. The lowest BCUT2D eigenvalue weighted by atomic mass is 10.0. The second-order valence-corrected chi connectivity index (χ2v) is 8.33. The molecule has 0 N–H and O–H groups in total. The molecule has 0 aliphatic heterocycles. The zero-order valence-electron chi connectivity index (χ0n) is 14.7. The number of hydrogen-bond donors (Lipinski definition) is 0. The van der Waals surface area contributed by atoms with Gasteiger partial charge in [-0.15, -0.1) is 0 Å². The number of nitrogens with zero attached hydrogens (tertiary/aromatic N) is 3. The number of aromatic nitrogens is 3. The predicted molar refractivity (Wildman–Crippen MR) is 102 cm³/mol. The molecule has 0 unspecified atom stereocenters. The van der Waals surface area contributed by atoms with Gasteiger partial charge < -0.3 is 0 Å². The van der Waals surface area contributed by atoms with Gasteiger partial charge >= 0.3 is 0 Å². The first-order chi connectivity index (χ1) is 12.8. The molecule has 4 aromatic rings. The summed E-state index contributed by atoms with van der Waals surface area (Å²) in [5, 5.41) is 4.80. The van der Waals surface area contributed by atoms with E-state index in [0.717, 1.165) is 11.8 Å². The van der Waals surface area contributed by atoms with Crippen molar-refractivity contribution in [1.29, 1.82) is 0 Å². The maximum atomic E-state index is 14.1. The smallest absolute Gasteiger partial charge is 0.195 e. The molecule has 0 aliphatic carbocycles. The molecule has 136 valence electrons. The van der Waals surface area contributed by atoms with Crippen molar-refractivity contribution in [2.75, 3.05) is 6.26 Å². The Morgan fingerprint density at radius 3 is 2.52 bits per heavy atom. The largest absolute Gasteiger partial charge is 0.236 e. The molecule has 0 spiro atoms. The third kappa shape index (κ3) is 3.10. The Kier molecular flexibility index (Phi) is 4.04. The number of halogens is 1. The molecule has 5 nitrogen and oxygen atoms in total. The van der Waals surface area contributed by atoms with E-state index < -0.39 is 9.84 Å². The van der Waals surface area contributed by atoms with E-state index in [-0.39, 0.29) is 10.8 Å². The summed E-state index contributed by atoms with van der Waals surface area (Å²) in [4.78, 5) is 4.38. The highest BCUT2D eigenvalue weighted by Gasteiger charge is 2.19. The average molecular weight is 381 g/mol. The van der Waals surface area contributed by atoms with Crippen molar-refractivity contribution in [3.63, 3.8) is 0 Å². The van der Waals surface area contributed by atoms with E-state index in [2.05, 4.69) is 10.1 Å². The van der Waals surface area contributed by atoms with Crippen LogP contribution in [-0.4, -0.2) is 29.4 Å². The number of rotatable bonds is 3. The summed E-state index contributed by atoms with van der Waals surface area (Å²) >= 11 is 0. The first kappa shape index (κ1) is 17.4. The average Bonchev–Trinajstić information content (AvgIpc) is 3.04. The molecule has 0 fully saturated rings. The zero-order valence-corrected chi connectivity index (χ0v) is 15.5. The monoisotopic (exact) mass is 381 g/mol. The molecule has 2 heterocycles. The number of sulfone groups is 1.